The van der Waals surface area contributed by atoms with Gasteiger partial charge in [0.1, 0.15) is 4.90 Å². The Labute approximate surface area is 105 Å². The summed E-state index contributed by atoms with van der Waals surface area (Å²) in [4.78, 5) is 11.4. The lowest BCUT2D eigenvalue weighted by molar-refractivity contribution is -0.121. The lowest BCUT2D eigenvalue weighted by Gasteiger charge is -2.05. The van der Waals surface area contributed by atoms with Crippen molar-refractivity contribution >= 4 is 15.9 Å². The zero-order valence-corrected chi connectivity index (χ0v) is 10.7. The monoisotopic (exact) mass is 272 g/mol. The number of nitrogens with zero attached hydrogens (tertiary/aromatic N) is 1. The van der Waals surface area contributed by atoms with Crippen LogP contribution >= 0.6 is 0 Å². The Balaban J connectivity index is 1.67. The third-order valence-corrected chi connectivity index (χ3v) is 4.03. The second-order valence-corrected chi connectivity index (χ2v) is 6.04. The number of amides is 1. The van der Waals surface area contributed by atoms with Crippen LogP contribution < -0.4 is 10.0 Å². The van der Waals surface area contributed by atoms with Gasteiger partial charge in [-0.2, -0.15) is 5.10 Å². The average Bonchev–Trinajstić information content (AvgIpc) is 2.96. The van der Waals surface area contributed by atoms with Crippen molar-refractivity contribution in [1.29, 1.82) is 0 Å². The van der Waals surface area contributed by atoms with Gasteiger partial charge in [0.05, 0.1) is 6.20 Å². The van der Waals surface area contributed by atoms with E-state index in [1.807, 2.05) is 0 Å². The topological polar surface area (TPSA) is 104 Å². The van der Waals surface area contributed by atoms with E-state index in [0.29, 0.717) is 18.9 Å². The van der Waals surface area contributed by atoms with Gasteiger partial charge in [0.2, 0.25) is 15.9 Å². The summed E-state index contributed by atoms with van der Waals surface area (Å²) in [6, 6.07) is 0.347. The summed E-state index contributed by atoms with van der Waals surface area (Å²) < 4.78 is 25.7. The predicted octanol–water partition coefficient (Wildman–Crippen LogP) is -0.253. The van der Waals surface area contributed by atoms with Gasteiger partial charge in [-0.15, -0.1) is 0 Å². The molecular weight excluding hydrogens is 256 g/mol. The number of carbonyl (C=O) groups is 1. The minimum Gasteiger partial charge on any atom is -0.353 e. The van der Waals surface area contributed by atoms with Crippen molar-refractivity contribution in [2.75, 3.05) is 6.54 Å². The summed E-state index contributed by atoms with van der Waals surface area (Å²) in [6.45, 7) is 0.242. The van der Waals surface area contributed by atoms with Crippen LogP contribution in [0.2, 0.25) is 0 Å². The fourth-order valence-electron chi connectivity index (χ4n) is 1.45. The number of rotatable bonds is 7. The molecule has 0 saturated heterocycles. The van der Waals surface area contributed by atoms with Gasteiger partial charge >= 0.3 is 0 Å². The SMILES string of the molecule is O=C(CCCNS(=O)(=O)c1cn[nH]c1)NC1CC1. The van der Waals surface area contributed by atoms with Crippen molar-refractivity contribution in [3.05, 3.63) is 12.4 Å². The molecule has 1 aromatic rings. The summed E-state index contributed by atoms with van der Waals surface area (Å²) in [5.74, 6) is -0.0139. The molecule has 18 heavy (non-hydrogen) atoms. The second-order valence-electron chi connectivity index (χ2n) is 4.28. The number of aromatic nitrogens is 2. The van der Waals surface area contributed by atoms with E-state index in [0.717, 1.165) is 12.8 Å². The maximum absolute atomic E-state index is 11.7. The lowest BCUT2D eigenvalue weighted by Crippen LogP contribution is -2.28. The van der Waals surface area contributed by atoms with Gasteiger partial charge in [-0.25, -0.2) is 13.1 Å². The number of carbonyl (C=O) groups excluding carboxylic acids is 1. The van der Waals surface area contributed by atoms with Crippen molar-refractivity contribution in [3.8, 4) is 0 Å². The zero-order chi connectivity index (χ0) is 13.0. The minimum absolute atomic E-state index is 0.0139. The minimum atomic E-state index is -3.50. The van der Waals surface area contributed by atoms with Crippen LogP contribution in [0.15, 0.2) is 17.3 Å². The van der Waals surface area contributed by atoms with Crippen molar-refractivity contribution < 1.29 is 13.2 Å². The highest BCUT2D eigenvalue weighted by Crippen LogP contribution is 2.18. The van der Waals surface area contributed by atoms with Crippen LogP contribution in [0.1, 0.15) is 25.7 Å². The fourth-order valence-corrected chi connectivity index (χ4v) is 2.43. The number of H-pyrrole nitrogens is 1. The van der Waals surface area contributed by atoms with Crippen LogP contribution in [0.25, 0.3) is 0 Å². The molecule has 3 N–H and O–H groups in total. The maximum Gasteiger partial charge on any atom is 0.243 e. The highest BCUT2D eigenvalue weighted by molar-refractivity contribution is 7.89. The van der Waals surface area contributed by atoms with Gasteiger partial charge in [0.15, 0.2) is 0 Å². The third-order valence-electron chi connectivity index (χ3n) is 2.60. The maximum atomic E-state index is 11.7. The van der Waals surface area contributed by atoms with E-state index >= 15 is 0 Å². The summed E-state index contributed by atoms with van der Waals surface area (Å²) in [7, 11) is -3.50. The first-order chi connectivity index (χ1) is 8.58. The van der Waals surface area contributed by atoms with E-state index < -0.39 is 10.0 Å². The van der Waals surface area contributed by atoms with E-state index in [2.05, 4.69) is 20.2 Å². The van der Waals surface area contributed by atoms with Crippen LogP contribution in [-0.2, 0) is 14.8 Å². The highest BCUT2D eigenvalue weighted by Gasteiger charge is 2.22. The molecule has 0 atom stereocenters. The molecule has 0 unspecified atom stereocenters. The zero-order valence-electron chi connectivity index (χ0n) is 9.85. The summed E-state index contributed by atoms with van der Waals surface area (Å²) in [5.41, 5.74) is 0. The number of hydrogen-bond donors (Lipinski definition) is 3. The Kier molecular flexibility index (Phi) is 3.97. The molecule has 0 aromatic carbocycles. The molecule has 100 valence electrons. The van der Waals surface area contributed by atoms with Gasteiger partial charge in [-0.3, -0.25) is 9.89 Å². The van der Waals surface area contributed by atoms with Crippen LogP contribution in [0.4, 0.5) is 0 Å². The first-order valence-electron chi connectivity index (χ1n) is 5.86. The van der Waals surface area contributed by atoms with Crippen molar-refractivity contribution in [2.24, 2.45) is 0 Å². The molecule has 1 heterocycles. The molecule has 7 nitrogen and oxygen atoms in total. The van der Waals surface area contributed by atoms with Crippen LogP contribution in [0.5, 0.6) is 0 Å². The molecule has 1 amide bonds. The highest BCUT2D eigenvalue weighted by atomic mass is 32.2. The van der Waals surface area contributed by atoms with E-state index in [1.54, 1.807) is 0 Å². The molecule has 0 spiro atoms. The van der Waals surface area contributed by atoms with Gasteiger partial charge in [0.25, 0.3) is 0 Å². The van der Waals surface area contributed by atoms with Crippen LogP contribution in [-0.4, -0.2) is 37.1 Å². The van der Waals surface area contributed by atoms with Crippen molar-refractivity contribution in [1.82, 2.24) is 20.2 Å². The molecule has 1 aliphatic rings. The molecule has 1 fully saturated rings. The van der Waals surface area contributed by atoms with Crippen LogP contribution in [0, 0.1) is 0 Å². The van der Waals surface area contributed by atoms with Gasteiger partial charge in [0, 0.05) is 25.2 Å². The van der Waals surface area contributed by atoms with E-state index in [1.165, 1.54) is 12.4 Å². The molecule has 0 bridgehead atoms. The molecule has 1 aromatic heterocycles. The normalized spacial score (nSPS) is 15.6. The molecule has 8 heteroatoms. The lowest BCUT2D eigenvalue weighted by atomic mass is 10.3. The quantitative estimate of drug-likeness (QED) is 0.595. The number of aromatic amines is 1. The number of nitrogens with one attached hydrogen (secondary N) is 3. The van der Waals surface area contributed by atoms with Crippen molar-refractivity contribution in [2.45, 2.75) is 36.6 Å². The summed E-state index contributed by atoms with van der Waals surface area (Å²) in [5, 5.41) is 8.86. The van der Waals surface area contributed by atoms with E-state index in [4.69, 9.17) is 0 Å². The summed E-state index contributed by atoms with van der Waals surface area (Å²) in [6.07, 6.45) is 5.47. The Morgan fingerprint density at radius 3 is 2.89 bits per heavy atom. The van der Waals surface area contributed by atoms with E-state index in [-0.39, 0.29) is 17.3 Å². The molecular formula is C10H16N4O3S. The predicted molar refractivity (Wildman–Crippen MR) is 64.2 cm³/mol. The van der Waals surface area contributed by atoms with E-state index in [9.17, 15) is 13.2 Å². The Hall–Kier alpha value is -1.41. The number of sulfonamides is 1. The first-order valence-corrected chi connectivity index (χ1v) is 7.34. The smallest absolute Gasteiger partial charge is 0.243 e. The number of hydrogen-bond acceptors (Lipinski definition) is 4. The largest absolute Gasteiger partial charge is 0.353 e. The Morgan fingerprint density at radius 1 is 1.50 bits per heavy atom. The summed E-state index contributed by atoms with van der Waals surface area (Å²) >= 11 is 0. The molecule has 1 aliphatic carbocycles. The fraction of sp³-hybridized carbons (Fsp3) is 0.600. The average molecular weight is 272 g/mol. The molecule has 0 aliphatic heterocycles. The van der Waals surface area contributed by atoms with Crippen LogP contribution in [0.3, 0.4) is 0 Å². The van der Waals surface area contributed by atoms with Gasteiger partial charge in [-0.05, 0) is 19.3 Å². The second kappa shape index (κ2) is 5.49. The standard InChI is InChI=1S/C10H16N4O3S/c15-10(14-8-3-4-8)2-1-5-13-18(16,17)9-6-11-12-7-9/h6-8,13H,1-5H2,(H,11,12)(H,14,15). The Morgan fingerprint density at radius 2 is 2.28 bits per heavy atom. The molecule has 2 rings (SSSR count). The molecule has 0 radical (unpaired) electrons. The third kappa shape index (κ3) is 3.81. The Bertz CT molecular complexity index is 493. The van der Waals surface area contributed by atoms with Crippen molar-refractivity contribution in [3.63, 3.8) is 0 Å². The first kappa shape index (κ1) is 13.0. The molecule has 1 saturated carbocycles. The van der Waals surface area contributed by atoms with Gasteiger partial charge < -0.3 is 5.32 Å². The van der Waals surface area contributed by atoms with Gasteiger partial charge in [-0.1, -0.05) is 0 Å².